The molecule has 0 aromatic carbocycles. The van der Waals surface area contributed by atoms with Gasteiger partial charge >= 0.3 is 0 Å². The van der Waals surface area contributed by atoms with Crippen LogP contribution in [0.2, 0.25) is 5.15 Å². The van der Waals surface area contributed by atoms with Crippen LogP contribution in [0.4, 0.5) is 0 Å². The summed E-state index contributed by atoms with van der Waals surface area (Å²) in [5, 5.41) is 8.82. The number of nitrogens with zero attached hydrogens (tertiary/aromatic N) is 5. The molecular formula is C22H32ClN5O2. The molecule has 2 fully saturated rings. The summed E-state index contributed by atoms with van der Waals surface area (Å²) in [6, 6.07) is 1.78. The maximum absolute atomic E-state index is 13.4. The number of amides is 1. The van der Waals surface area contributed by atoms with Crippen molar-refractivity contribution in [1.29, 1.82) is 0 Å². The molecule has 0 unspecified atom stereocenters. The van der Waals surface area contributed by atoms with E-state index in [4.69, 9.17) is 16.1 Å². The molecule has 0 bridgehead atoms. The van der Waals surface area contributed by atoms with Crippen LogP contribution in [0.3, 0.4) is 0 Å². The van der Waals surface area contributed by atoms with Crippen LogP contribution in [-0.4, -0.2) is 63.4 Å². The number of carbonyl (C=O) groups is 1. The van der Waals surface area contributed by atoms with E-state index in [1.165, 1.54) is 37.2 Å². The fraction of sp³-hybridized carbons (Fsp3) is 0.682. The predicted octanol–water partition coefficient (Wildman–Crippen LogP) is 4.01. The second-order valence-electron chi connectivity index (χ2n) is 9.45. The number of halogens is 1. The summed E-state index contributed by atoms with van der Waals surface area (Å²) in [5.41, 5.74) is 1.85. The van der Waals surface area contributed by atoms with Gasteiger partial charge in [-0.05, 0) is 57.0 Å². The first-order valence-electron chi connectivity index (χ1n) is 11.0. The third-order valence-electron chi connectivity index (χ3n) is 6.71. The standard InChI is InChI=1S/C22H32ClN5O2/c1-15(2)14-27-9-5-22(6-10-27)7-11-28(12-8-22)21(29)18-19(24-26(4)20(18)23)17-13-16(3)30-25-17/h13,15H,5-12,14H2,1-4H3. The largest absolute Gasteiger partial charge is 0.361 e. The molecule has 8 heteroatoms. The summed E-state index contributed by atoms with van der Waals surface area (Å²) in [4.78, 5) is 17.9. The molecule has 1 amide bonds. The van der Waals surface area contributed by atoms with E-state index in [-0.39, 0.29) is 5.91 Å². The third kappa shape index (κ3) is 4.14. The summed E-state index contributed by atoms with van der Waals surface area (Å²) in [5.74, 6) is 1.33. The molecule has 1 spiro atoms. The second kappa shape index (κ2) is 8.35. The Labute approximate surface area is 183 Å². The number of likely N-dealkylation sites (tertiary alicyclic amines) is 2. The van der Waals surface area contributed by atoms with Gasteiger partial charge in [-0.25, -0.2) is 0 Å². The molecule has 4 heterocycles. The highest BCUT2D eigenvalue weighted by Crippen LogP contribution is 2.42. The minimum atomic E-state index is -0.0594. The van der Waals surface area contributed by atoms with Crippen molar-refractivity contribution >= 4 is 17.5 Å². The minimum Gasteiger partial charge on any atom is -0.361 e. The maximum atomic E-state index is 13.4. The van der Waals surface area contributed by atoms with Gasteiger partial charge in [-0.1, -0.05) is 30.6 Å². The van der Waals surface area contributed by atoms with Gasteiger partial charge in [0, 0.05) is 32.7 Å². The average molecular weight is 434 g/mol. The lowest BCUT2D eigenvalue weighted by atomic mass is 9.71. The SMILES string of the molecule is Cc1cc(-c2nn(C)c(Cl)c2C(=O)N2CCC3(CCN(CC(C)C)CC3)CC2)no1. The van der Waals surface area contributed by atoms with Gasteiger partial charge in [0.1, 0.15) is 27.9 Å². The monoisotopic (exact) mass is 433 g/mol. The Morgan fingerprint density at radius 2 is 1.83 bits per heavy atom. The molecule has 2 aliphatic heterocycles. The van der Waals surface area contributed by atoms with Crippen LogP contribution >= 0.6 is 11.6 Å². The van der Waals surface area contributed by atoms with Gasteiger partial charge in [0.05, 0.1) is 0 Å². The van der Waals surface area contributed by atoms with Crippen molar-refractivity contribution in [3.8, 4) is 11.4 Å². The third-order valence-corrected chi connectivity index (χ3v) is 7.15. The van der Waals surface area contributed by atoms with Gasteiger partial charge < -0.3 is 14.3 Å². The van der Waals surface area contributed by atoms with Crippen molar-refractivity contribution in [2.75, 3.05) is 32.7 Å². The van der Waals surface area contributed by atoms with Crippen LogP contribution < -0.4 is 0 Å². The normalized spacial score (nSPS) is 19.7. The van der Waals surface area contributed by atoms with Crippen LogP contribution in [0.5, 0.6) is 0 Å². The molecule has 7 nitrogen and oxygen atoms in total. The lowest BCUT2D eigenvalue weighted by Crippen LogP contribution is -2.48. The number of carbonyl (C=O) groups excluding carboxylic acids is 1. The Balaban J connectivity index is 1.45. The molecular weight excluding hydrogens is 402 g/mol. The summed E-state index contributed by atoms with van der Waals surface area (Å²) in [7, 11) is 1.74. The molecule has 0 radical (unpaired) electrons. The zero-order valence-corrected chi connectivity index (χ0v) is 19.2. The Morgan fingerprint density at radius 3 is 2.40 bits per heavy atom. The molecule has 0 N–H and O–H groups in total. The van der Waals surface area contributed by atoms with E-state index in [0.717, 1.165) is 25.9 Å². The second-order valence-corrected chi connectivity index (χ2v) is 9.81. The number of aromatic nitrogens is 3. The first kappa shape index (κ1) is 21.4. The van der Waals surface area contributed by atoms with Gasteiger partial charge in [-0.3, -0.25) is 9.48 Å². The van der Waals surface area contributed by atoms with Crippen molar-refractivity contribution in [2.45, 2.75) is 46.5 Å². The minimum absolute atomic E-state index is 0.0594. The molecule has 2 aromatic rings. The molecule has 2 saturated heterocycles. The number of rotatable bonds is 4. The van der Waals surface area contributed by atoms with Gasteiger partial charge in [-0.2, -0.15) is 5.10 Å². The van der Waals surface area contributed by atoms with Crippen LogP contribution in [0, 0.1) is 18.3 Å². The van der Waals surface area contributed by atoms with Crippen molar-refractivity contribution in [1.82, 2.24) is 24.7 Å². The predicted molar refractivity (Wildman–Crippen MR) is 117 cm³/mol. The van der Waals surface area contributed by atoms with E-state index in [2.05, 4.69) is 29.0 Å². The smallest absolute Gasteiger partial charge is 0.259 e. The quantitative estimate of drug-likeness (QED) is 0.728. The maximum Gasteiger partial charge on any atom is 0.259 e. The van der Waals surface area contributed by atoms with Crippen LogP contribution in [0.1, 0.15) is 55.6 Å². The molecule has 164 valence electrons. The van der Waals surface area contributed by atoms with Gasteiger partial charge in [0.2, 0.25) is 0 Å². The number of piperidine rings is 2. The van der Waals surface area contributed by atoms with Crippen molar-refractivity contribution in [3.63, 3.8) is 0 Å². The molecule has 0 saturated carbocycles. The number of aryl methyl sites for hydroxylation is 2. The summed E-state index contributed by atoms with van der Waals surface area (Å²) < 4.78 is 6.72. The van der Waals surface area contributed by atoms with E-state index in [1.54, 1.807) is 13.1 Å². The molecule has 30 heavy (non-hydrogen) atoms. The highest BCUT2D eigenvalue weighted by atomic mass is 35.5. The van der Waals surface area contributed by atoms with E-state index in [9.17, 15) is 4.79 Å². The van der Waals surface area contributed by atoms with Gasteiger partial charge in [-0.15, -0.1) is 0 Å². The Hall–Kier alpha value is -1.86. The zero-order chi connectivity index (χ0) is 21.5. The first-order chi connectivity index (χ1) is 14.3. The molecule has 0 aliphatic carbocycles. The zero-order valence-electron chi connectivity index (χ0n) is 18.4. The Kier molecular flexibility index (Phi) is 5.95. The highest BCUT2D eigenvalue weighted by Gasteiger charge is 2.39. The summed E-state index contributed by atoms with van der Waals surface area (Å²) in [6.07, 6.45) is 4.59. The van der Waals surface area contributed by atoms with E-state index in [1.807, 2.05) is 11.8 Å². The summed E-state index contributed by atoms with van der Waals surface area (Å²) in [6.45, 7) is 11.5. The Bertz CT molecular complexity index is 901. The van der Waals surface area contributed by atoms with Crippen LogP contribution in [0.25, 0.3) is 11.4 Å². The molecule has 0 atom stereocenters. The summed E-state index contributed by atoms with van der Waals surface area (Å²) >= 11 is 6.47. The fourth-order valence-electron chi connectivity index (χ4n) is 4.92. The fourth-order valence-corrected chi connectivity index (χ4v) is 5.13. The van der Waals surface area contributed by atoms with Crippen LogP contribution in [0.15, 0.2) is 10.6 Å². The number of hydrogen-bond acceptors (Lipinski definition) is 5. The van der Waals surface area contributed by atoms with Crippen molar-refractivity contribution < 1.29 is 9.32 Å². The molecule has 4 rings (SSSR count). The lowest BCUT2D eigenvalue weighted by Gasteiger charge is -2.47. The lowest BCUT2D eigenvalue weighted by molar-refractivity contribution is 0.0279. The van der Waals surface area contributed by atoms with Gasteiger partial charge in [0.15, 0.2) is 0 Å². The van der Waals surface area contributed by atoms with Crippen molar-refractivity contribution in [2.24, 2.45) is 18.4 Å². The Morgan fingerprint density at radius 1 is 1.20 bits per heavy atom. The molecule has 2 aromatic heterocycles. The van der Waals surface area contributed by atoms with Crippen LogP contribution in [-0.2, 0) is 7.05 Å². The van der Waals surface area contributed by atoms with Crippen molar-refractivity contribution in [3.05, 3.63) is 22.5 Å². The first-order valence-corrected chi connectivity index (χ1v) is 11.3. The van der Waals surface area contributed by atoms with E-state index in [0.29, 0.717) is 39.2 Å². The molecule has 2 aliphatic rings. The van der Waals surface area contributed by atoms with E-state index >= 15 is 0 Å². The highest BCUT2D eigenvalue weighted by molar-refractivity contribution is 6.33. The topological polar surface area (TPSA) is 67.4 Å². The average Bonchev–Trinajstić information content (AvgIpc) is 3.27. The van der Waals surface area contributed by atoms with E-state index < -0.39 is 0 Å². The number of hydrogen-bond donors (Lipinski definition) is 0. The van der Waals surface area contributed by atoms with Gasteiger partial charge in [0.25, 0.3) is 5.91 Å².